The molecule has 0 amide bonds. The fourth-order valence-electron chi connectivity index (χ4n) is 2.52. The smallest absolute Gasteiger partial charge is 0.356 e. The molecule has 8 nitrogen and oxygen atoms in total. The molecule has 0 saturated carbocycles. The highest BCUT2D eigenvalue weighted by atomic mass is 127. The fraction of sp³-hybridized carbons (Fsp3) is 0.188. The molecule has 0 N–H and O–H groups in total. The first-order chi connectivity index (χ1) is 12.6. The summed E-state index contributed by atoms with van der Waals surface area (Å²) in [5.41, 5.74) is 1.84. The fourth-order valence-corrected chi connectivity index (χ4v) is 3.35. The maximum absolute atomic E-state index is 12.8. The zero-order chi connectivity index (χ0) is 18.3. The summed E-state index contributed by atoms with van der Waals surface area (Å²) in [5, 5.41) is 4.39. The Balaban J connectivity index is 1.94. The molecule has 0 spiro atoms. The summed E-state index contributed by atoms with van der Waals surface area (Å²) >= 11 is 3.05. The van der Waals surface area contributed by atoms with Gasteiger partial charge in [-0.05, 0) is 60.2 Å². The Kier molecular flexibility index (Phi) is 4.63. The third-order valence-corrected chi connectivity index (χ3v) is 4.86. The first kappa shape index (κ1) is 17.4. The molecular formula is C16H14IN5O3S. The number of fused-ring (bicyclic) bond motifs is 2. The molecule has 134 valence electrons. The molecule has 0 aliphatic heterocycles. The van der Waals surface area contributed by atoms with Crippen molar-refractivity contribution in [2.45, 2.75) is 13.8 Å². The van der Waals surface area contributed by atoms with Crippen LogP contribution in [0.4, 0.5) is 0 Å². The predicted octanol–water partition coefficient (Wildman–Crippen LogP) is 3.02. The molecule has 0 aromatic carbocycles. The monoisotopic (exact) mass is 483 g/mol. The minimum absolute atomic E-state index is 0.311. The molecule has 10 heteroatoms. The van der Waals surface area contributed by atoms with E-state index in [1.54, 1.807) is 16.7 Å². The number of pyridine rings is 2. The SMILES string of the molecule is CCOSOc1c(-n2nc3ccc(C)cn3c2=O)nc2ccc(I)cn12. The number of nitrogens with zero attached hydrogens (tertiary/aromatic N) is 5. The van der Waals surface area contributed by atoms with Crippen LogP contribution in [0.1, 0.15) is 12.5 Å². The first-order valence-corrected chi connectivity index (χ1v) is 9.55. The second-order valence-electron chi connectivity index (χ2n) is 5.50. The van der Waals surface area contributed by atoms with Crippen LogP contribution >= 0.6 is 34.9 Å². The van der Waals surface area contributed by atoms with Crippen molar-refractivity contribution in [3.8, 4) is 11.7 Å². The van der Waals surface area contributed by atoms with E-state index in [-0.39, 0.29) is 5.69 Å². The van der Waals surface area contributed by atoms with Crippen LogP contribution in [0.3, 0.4) is 0 Å². The Hall–Kier alpha value is -2.05. The summed E-state index contributed by atoms with van der Waals surface area (Å²) in [5.74, 6) is 0.685. The second-order valence-corrected chi connectivity index (χ2v) is 7.29. The van der Waals surface area contributed by atoms with Crippen LogP contribution in [0.2, 0.25) is 0 Å². The number of rotatable bonds is 5. The topological polar surface area (TPSA) is 75.1 Å². The van der Waals surface area contributed by atoms with Gasteiger partial charge in [-0.1, -0.05) is 6.07 Å². The zero-order valence-corrected chi connectivity index (χ0v) is 16.9. The van der Waals surface area contributed by atoms with Crippen LogP contribution < -0.4 is 9.87 Å². The van der Waals surface area contributed by atoms with Gasteiger partial charge >= 0.3 is 5.69 Å². The molecule has 26 heavy (non-hydrogen) atoms. The predicted molar refractivity (Wildman–Crippen MR) is 107 cm³/mol. The van der Waals surface area contributed by atoms with Crippen LogP contribution in [-0.4, -0.2) is 30.2 Å². The standard InChI is InChI=1S/C16H14IN5O3S/c1-3-24-26-25-15-14(18-12-7-5-11(17)9-20(12)15)22-16(23)21-8-10(2)4-6-13(21)19-22/h4-9H,3H2,1-2H3. The maximum atomic E-state index is 12.8. The average Bonchev–Trinajstić information content (AvgIpc) is 3.13. The number of halogens is 1. The van der Waals surface area contributed by atoms with Gasteiger partial charge in [-0.3, -0.25) is 8.58 Å². The van der Waals surface area contributed by atoms with E-state index in [0.29, 0.717) is 29.6 Å². The van der Waals surface area contributed by atoms with Gasteiger partial charge in [0.05, 0.1) is 6.61 Å². The van der Waals surface area contributed by atoms with Gasteiger partial charge in [0.15, 0.2) is 5.65 Å². The van der Waals surface area contributed by atoms with E-state index in [1.807, 2.05) is 38.2 Å². The molecule has 0 saturated heterocycles. The van der Waals surface area contributed by atoms with E-state index >= 15 is 0 Å². The van der Waals surface area contributed by atoms with Crippen LogP contribution in [-0.2, 0) is 4.18 Å². The van der Waals surface area contributed by atoms with Crippen LogP contribution in [0, 0.1) is 10.5 Å². The number of imidazole rings is 1. The third-order valence-electron chi connectivity index (χ3n) is 3.67. The van der Waals surface area contributed by atoms with Gasteiger partial charge in [0.1, 0.15) is 5.65 Å². The largest absolute Gasteiger partial charge is 0.377 e. The molecule has 4 rings (SSSR count). The van der Waals surface area contributed by atoms with Gasteiger partial charge in [0, 0.05) is 16.0 Å². The van der Waals surface area contributed by atoms with E-state index in [4.69, 9.17) is 8.37 Å². The molecule has 4 aromatic heterocycles. The van der Waals surface area contributed by atoms with Crippen molar-refractivity contribution >= 4 is 46.2 Å². The van der Waals surface area contributed by atoms with E-state index in [0.717, 1.165) is 21.5 Å². The van der Waals surface area contributed by atoms with Gasteiger partial charge in [0.25, 0.3) is 5.88 Å². The summed E-state index contributed by atoms with van der Waals surface area (Å²) < 4.78 is 16.4. The molecule has 0 radical (unpaired) electrons. The van der Waals surface area contributed by atoms with E-state index < -0.39 is 0 Å². The minimum Gasteiger partial charge on any atom is -0.377 e. The Morgan fingerprint density at radius 1 is 1.15 bits per heavy atom. The first-order valence-electron chi connectivity index (χ1n) is 7.80. The zero-order valence-electron chi connectivity index (χ0n) is 13.9. The van der Waals surface area contributed by atoms with E-state index in [2.05, 4.69) is 32.7 Å². The lowest BCUT2D eigenvalue weighted by Gasteiger charge is -2.04. The van der Waals surface area contributed by atoms with Crippen molar-refractivity contribution in [2.24, 2.45) is 0 Å². The number of hydrogen-bond acceptors (Lipinski definition) is 6. The highest BCUT2D eigenvalue weighted by molar-refractivity contribution is 14.1. The number of hydrogen-bond donors (Lipinski definition) is 0. The van der Waals surface area contributed by atoms with E-state index in [9.17, 15) is 4.79 Å². The molecule has 4 heterocycles. The molecule has 0 bridgehead atoms. The maximum Gasteiger partial charge on any atom is 0.356 e. The number of aromatic nitrogens is 5. The van der Waals surface area contributed by atoms with Gasteiger partial charge in [-0.25, -0.2) is 14.2 Å². The molecule has 0 aliphatic rings. The van der Waals surface area contributed by atoms with Crippen LogP contribution in [0.25, 0.3) is 17.1 Å². The summed E-state index contributed by atoms with van der Waals surface area (Å²) in [6.45, 7) is 4.27. The summed E-state index contributed by atoms with van der Waals surface area (Å²) in [6.07, 6.45) is 3.62. The van der Waals surface area contributed by atoms with Gasteiger partial charge < -0.3 is 4.18 Å². The lowest BCUT2D eigenvalue weighted by Crippen LogP contribution is -2.20. The van der Waals surface area contributed by atoms with Gasteiger partial charge in [-0.2, -0.15) is 4.68 Å². The summed E-state index contributed by atoms with van der Waals surface area (Å²) in [6, 6.07) is 7.48. The van der Waals surface area contributed by atoms with Crippen molar-refractivity contribution in [2.75, 3.05) is 6.61 Å². The lowest BCUT2D eigenvalue weighted by atomic mass is 10.3. The van der Waals surface area contributed by atoms with Crippen molar-refractivity contribution < 1.29 is 8.37 Å². The minimum atomic E-state index is -0.312. The molecule has 0 atom stereocenters. The third kappa shape index (κ3) is 2.97. The van der Waals surface area contributed by atoms with Crippen LogP contribution in [0.15, 0.2) is 41.5 Å². The van der Waals surface area contributed by atoms with Crippen LogP contribution in [0.5, 0.6) is 5.88 Å². The lowest BCUT2D eigenvalue weighted by molar-refractivity contribution is 0.366. The molecule has 0 fully saturated rings. The van der Waals surface area contributed by atoms with Crippen molar-refractivity contribution in [1.82, 2.24) is 23.6 Å². The van der Waals surface area contributed by atoms with Crippen molar-refractivity contribution in [3.63, 3.8) is 0 Å². The molecule has 4 aromatic rings. The highest BCUT2D eigenvalue weighted by Gasteiger charge is 2.21. The molecule has 0 unspecified atom stereocenters. The normalized spacial score (nSPS) is 11.5. The number of aryl methyl sites for hydroxylation is 1. The summed E-state index contributed by atoms with van der Waals surface area (Å²) in [7, 11) is 0. The second kappa shape index (κ2) is 6.93. The van der Waals surface area contributed by atoms with Crippen molar-refractivity contribution in [3.05, 3.63) is 56.3 Å². The average molecular weight is 483 g/mol. The summed E-state index contributed by atoms with van der Waals surface area (Å²) in [4.78, 5) is 17.4. The highest BCUT2D eigenvalue weighted by Crippen LogP contribution is 2.27. The van der Waals surface area contributed by atoms with Gasteiger partial charge in [-0.15, -0.1) is 5.10 Å². The Morgan fingerprint density at radius 2 is 1.96 bits per heavy atom. The Bertz CT molecular complexity index is 1170. The van der Waals surface area contributed by atoms with Crippen molar-refractivity contribution in [1.29, 1.82) is 0 Å². The van der Waals surface area contributed by atoms with E-state index in [1.165, 1.54) is 9.08 Å². The Morgan fingerprint density at radius 3 is 2.77 bits per heavy atom. The van der Waals surface area contributed by atoms with Gasteiger partial charge in [0.2, 0.25) is 18.1 Å². The quantitative estimate of drug-likeness (QED) is 0.247. The molecule has 0 aliphatic carbocycles. The molecular weight excluding hydrogens is 469 g/mol. The Labute approximate surface area is 166 Å².